The molecular weight excluding hydrogens is 269 g/mol. The molecule has 0 aliphatic heterocycles. The highest BCUT2D eigenvalue weighted by atomic mass is 19.4. The molecule has 0 saturated carbocycles. The van der Waals surface area contributed by atoms with Crippen molar-refractivity contribution in [3.8, 4) is 6.07 Å². The number of nitriles is 1. The van der Waals surface area contributed by atoms with Gasteiger partial charge in [0.15, 0.2) is 0 Å². The molecule has 0 bridgehead atoms. The van der Waals surface area contributed by atoms with Gasteiger partial charge in [0, 0.05) is 12.2 Å². The predicted octanol–water partition coefficient (Wildman–Crippen LogP) is 3.58. The van der Waals surface area contributed by atoms with Crippen molar-refractivity contribution < 1.29 is 17.9 Å². The van der Waals surface area contributed by atoms with Gasteiger partial charge in [-0.2, -0.15) is 18.4 Å². The Labute approximate surface area is 115 Å². The van der Waals surface area contributed by atoms with Crippen LogP contribution in [0.15, 0.2) is 30.9 Å². The lowest BCUT2D eigenvalue weighted by atomic mass is 10.1. The molecule has 0 atom stereocenters. The van der Waals surface area contributed by atoms with E-state index in [2.05, 4.69) is 11.9 Å². The lowest BCUT2D eigenvalue weighted by Gasteiger charge is -2.11. The first-order chi connectivity index (χ1) is 9.49. The summed E-state index contributed by atoms with van der Waals surface area (Å²) in [5.74, 6) is 0. The Bertz CT molecular complexity index is 492. The van der Waals surface area contributed by atoms with Crippen molar-refractivity contribution in [2.45, 2.75) is 12.6 Å². The fraction of sp³-hybridized carbons (Fsp3) is 0.357. The quantitative estimate of drug-likeness (QED) is 0.615. The summed E-state index contributed by atoms with van der Waals surface area (Å²) in [5.41, 5.74) is -0.857. The van der Waals surface area contributed by atoms with Gasteiger partial charge in [-0.25, -0.2) is 0 Å². The Morgan fingerprint density at radius 2 is 2.10 bits per heavy atom. The Hall–Kier alpha value is -2.00. The van der Waals surface area contributed by atoms with Gasteiger partial charge < -0.3 is 10.1 Å². The molecule has 0 saturated heterocycles. The molecule has 20 heavy (non-hydrogen) atoms. The monoisotopic (exact) mass is 284 g/mol. The predicted molar refractivity (Wildman–Crippen MR) is 70.3 cm³/mol. The smallest absolute Gasteiger partial charge is 0.383 e. The van der Waals surface area contributed by atoms with Crippen molar-refractivity contribution in [1.82, 2.24) is 0 Å². The van der Waals surface area contributed by atoms with Gasteiger partial charge >= 0.3 is 6.18 Å². The molecule has 0 radical (unpaired) electrons. The minimum absolute atomic E-state index is 0.393. The molecule has 6 heteroatoms. The summed E-state index contributed by atoms with van der Waals surface area (Å²) in [7, 11) is 0. The molecule has 1 aromatic rings. The summed E-state index contributed by atoms with van der Waals surface area (Å²) >= 11 is 0. The van der Waals surface area contributed by atoms with E-state index in [1.165, 1.54) is 12.1 Å². The van der Waals surface area contributed by atoms with Crippen molar-refractivity contribution in [1.29, 1.82) is 5.26 Å². The van der Waals surface area contributed by atoms with Crippen LogP contribution in [0.3, 0.4) is 0 Å². The maximum absolute atomic E-state index is 12.6. The fourth-order valence-corrected chi connectivity index (χ4v) is 1.53. The first-order valence-corrected chi connectivity index (χ1v) is 6.03. The van der Waals surface area contributed by atoms with Crippen LogP contribution in [0.2, 0.25) is 0 Å². The molecule has 1 aromatic carbocycles. The molecule has 1 N–H and O–H groups in total. The zero-order valence-corrected chi connectivity index (χ0v) is 10.8. The summed E-state index contributed by atoms with van der Waals surface area (Å²) in [4.78, 5) is 0. The van der Waals surface area contributed by atoms with Crippen LogP contribution in [0.4, 0.5) is 18.9 Å². The second kappa shape index (κ2) is 7.56. The SMILES string of the molecule is C=CCCOCCNc1ccc(C(F)(F)F)c(C#N)c1. The van der Waals surface area contributed by atoms with E-state index >= 15 is 0 Å². The molecular formula is C14H15F3N2O. The van der Waals surface area contributed by atoms with Crippen LogP contribution in [0.25, 0.3) is 0 Å². The number of hydrogen-bond acceptors (Lipinski definition) is 3. The largest absolute Gasteiger partial charge is 0.417 e. The summed E-state index contributed by atoms with van der Waals surface area (Å²) in [6, 6.07) is 4.95. The highest BCUT2D eigenvalue weighted by Crippen LogP contribution is 2.32. The molecule has 0 amide bonds. The average Bonchev–Trinajstić information content (AvgIpc) is 2.41. The molecule has 0 aliphatic rings. The standard InChI is InChI=1S/C14H15F3N2O/c1-2-3-7-20-8-6-19-12-4-5-13(14(15,16)17)11(9-12)10-18/h2,4-5,9,19H,1,3,6-8H2. The minimum atomic E-state index is -4.52. The Balaban J connectivity index is 2.57. The molecule has 0 heterocycles. The highest BCUT2D eigenvalue weighted by molar-refractivity contribution is 5.53. The maximum atomic E-state index is 12.6. The second-order valence-corrected chi connectivity index (χ2v) is 3.99. The molecule has 0 fully saturated rings. The summed E-state index contributed by atoms with van der Waals surface area (Å²) in [5, 5.41) is 11.7. The molecule has 108 valence electrons. The number of halogens is 3. The van der Waals surface area contributed by atoms with E-state index in [-0.39, 0.29) is 0 Å². The van der Waals surface area contributed by atoms with Crippen LogP contribution in [-0.4, -0.2) is 19.8 Å². The van der Waals surface area contributed by atoms with E-state index in [1.54, 1.807) is 12.1 Å². The number of ether oxygens (including phenoxy) is 1. The summed E-state index contributed by atoms with van der Waals surface area (Å²) < 4.78 is 43.0. The number of alkyl halides is 3. The van der Waals surface area contributed by atoms with Crippen LogP contribution < -0.4 is 5.32 Å². The van der Waals surface area contributed by atoms with E-state index in [4.69, 9.17) is 10.00 Å². The molecule has 0 spiro atoms. The van der Waals surface area contributed by atoms with Gasteiger partial charge in [0.2, 0.25) is 0 Å². The van der Waals surface area contributed by atoms with Gasteiger partial charge in [-0.3, -0.25) is 0 Å². The zero-order chi connectivity index (χ0) is 15.0. The Morgan fingerprint density at radius 1 is 1.35 bits per heavy atom. The third-order valence-electron chi connectivity index (χ3n) is 2.49. The van der Waals surface area contributed by atoms with E-state index in [0.29, 0.717) is 25.4 Å². The maximum Gasteiger partial charge on any atom is 0.417 e. The van der Waals surface area contributed by atoms with Gasteiger partial charge in [-0.15, -0.1) is 6.58 Å². The zero-order valence-electron chi connectivity index (χ0n) is 10.8. The lowest BCUT2D eigenvalue weighted by Crippen LogP contribution is -2.11. The molecule has 1 rings (SSSR count). The average molecular weight is 284 g/mol. The van der Waals surface area contributed by atoms with Crippen LogP contribution in [0, 0.1) is 11.3 Å². The van der Waals surface area contributed by atoms with Crippen LogP contribution in [0.5, 0.6) is 0 Å². The van der Waals surface area contributed by atoms with Gasteiger partial charge in [0.05, 0.1) is 30.4 Å². The van der Waals surface area contributed by atoms with Crippen molar-refractivity contribution in [3.05, 3.63) is 42.0 Å². The molecule has 0 aromatic heterocycles. The van der Waals surface area contributed by atoms with Gasteiger partial charge in [-0.05, 0) is 24.6 Å². The first kappa shape index (κ1) is 16.1. The third-order valence-corrected chi connectivity index (χ3v) is 2.49. The van der Waals surface area contributed by atoms with Crippen molar-refractivity contribution in [2.75, 3.05) is 25.1 Å². The number of nitrogens with one attached hydrogen (secondary N) is 1. The second-order valence-electron chi connectivity index (χ2n) is 3.99. The molecule has 0 unspecified atom stereocenters. The number of rotatable bonds is 7. The van der Waals surface area contributed by atoms with Gasteiger partial charge in [0.25, 0.3) is 0 Å². The number of nitrogens with zero attached hydrogens (tertiary/aromatic N) is 1. The van der Waals surface area contributed by atoms with Crippen LogP contribution in [0.1, 0.15) is 17.5 Å². The van der Waals surface area contributed by atoms with Gasteiger partial charge in [0.1, 0.15) is 0 Å². The third kappa shape index (κ3) is 4.94. The Morgan fingerprint density at radius 3 is 2.70 bits per heavy atom. The van der Waals surface area contributed by atoms with E-state index in [0.717, 1.165) is 12.5 Å². The molecule has 3 nitrogen and oxygen atoms in total. The number of anilines is 1. The fourth-order valence-electron chi connectivity index (χ4n) is 1.53. The number of benzene rings is 1. The van der Waals surface area contributed by atoms with Gasteiger partial charge in [-0.1, -0.05) is 6.08 Å². The van der Waals surface area contributed by atoms with Crippen LogP contribution >= 0.6 is 0 Å². The van der Waals surface area contributed by atoms with Crippen molar-refractivity contribution in [3.63, 3.8) is 0 Å². The lowest BCUT2D eigenvalue weighted by molar-refractivity contribution is -0.137. The van der Waals surface area contributed by atoms with E-state index in [9.17, 15) is 13.2 Å². The summed E-state index contributed by atoms with van der Waals surface area (Å²) in [6.45, 7) is 4.99. The highest BCUT2D eigenvalue weighted by Gasteiger charge is 2.33. The van der Waals surface area contributed by atoms with Crippen molar-refractivity contribution >= 4 is 5.69 Å². The van der Waals surface area contributed by atoms with E-state index < -0.39 is 17.3 Å². The van der Waals surface area contributed by atoms with Crippen molar-refractivity contribution in [2.24, 2.45) is 0 Å². The van der Waals surface area contributed by atoms with E-state index in [1.807, 2.05) is 0 Å². The topological polar surface area (TPSA) is 45.0 Å². The normalized spacial score (nSPS) is 10.9. The minimum Gasteiger partial charge on any atom is -0.383 e. The Kier molecular flexibility index (Phi) is 6.07. The summed E-state index contributed by atoms with van der Waals surface area (Å²) in [6.07, 6.45) is -2.03. The molecule has 0 aliphatic carbocycles. The van der Waals surface area contributed by atoms with Crippen LogP contribution in [-0.2, 0) is 10.9 Å². The first-order valence-electron chi connectivity index (χ1n) is 6.03. The number of hydrogen-bond donors (Lipinski definition) is 1.